The van der Waals surface area contributed by atoms with E-state index in [1.807, 2.05) is 78.9 Å². The molecule has 9 heteroatoms. The number of rotatable bonds is 6. The normalized spacial score (nSPS) is 17.7. The molecule has 35 heavy (non-hydrogen) atoms. The van der Waals surface area contributed by atoms with Gasteiger partial charge in [-0.15, -0.1) is 5.10 Å². The number of nitrogens with zero attached hydrogens (tertiary/aromatic N) is 5. The largest absolute Gasteiger partial charge is 0.497 e. The minimum Gasteiger partial charge on any atom is -0.497 e. The van der Waals surface area contributed by atoms with E-state index in [0.29, 0.717) is 17.9 Å². The van der Waals surface area contributed by atoms with Crippen LogP contribution in [-0.2, 0) is 9.59 Å². The summed E-state index contributed by atoms with van der Waals surface area (Å²) in [4.78, 5) is 28.4. The van der Waals surface area contributed by atoms with Crippen molar-refractivity contribution in [2.45, 2.75) is 18.9 Å². The van der Waals surface area contributed by atoms with Crippen LogP contribution in [0.4, 0.5) is 11.4 Å². The van der Waals surface area contributed by atoms with Gasteiger partial charge in [0.05, 0.1) is 24.8 Å². The fraction of sp³-hybridized carbons (Fsp3) is 0.192. The second-order valence-corrected chi connectivity index (χ2v) is 8.25. The molecule has 1 aliphatic heterocycles. The zero-order chi connectivity index (χ0) is 24.2. The van der Waals surface area contributed by atoms with Gasteiger partial charge in [0.2, 0.25) is 11.8 Å². The Hall–Kier alpha value is -4.53. The van der Waals surface area contributed by atoms with Gasteiger partial charge >= 0.3 is 0 Å². The maximum absolute atomic E-state index is 13.5. The van der Waals surface area contributed by atoms with Crippen molar-refractivity contribution < 1.29 is 14.3 Å². The third kappa shape index (κ3) is 4.61. The van der Waals surface area contributed by atoms with Crippen LogP contribution in [-0.4, -0.2) is 39.1 Å². The third-order valence-electron chi connectivity index (χ3n) is 6.17. The molecule has 0 bridgehead atoms. The van der Waals surface area contributed by atoms with Gasteiger partial charge in [0.15, 0.2) is 0 Å². The van der Waals surface area contributed by atoms with Crippen LogP contribution >= 0.6 is 0 Å². The SMILES string of the molecule is COc1ccc(N2C(=O)CC[C@H](C(=O)Nc3ccc(-n4cnnn4)cc3)[C@@H]2c2ccccc2)cc1. The number of anilines is 2. The van der Waals surface area contributed by atoms with Crippen LogP contribution in [0.1, 0.15) is 24.4 Å². The summed E-state index contributed by atoms with van der Waals surface area (Å²) in [5.41, 5.74) is 3.08. The van der Waals surface area contributed by atoms with Crippen molar-refractivity contribution in [2.75, 3.05) is 17.3 Å². The van der Waals surface area contributed by atoms with Crippen LogP contribution in [0.5, 0.6) is 5.75 Å². The van der Waals surface area contributed by atoms with Gasteiger partial charge in [-0.2, -0.15) is 0 Å². The molecule has 2 heterocycles. The molecule has 9 nitrogen and oxygen atoms in total. The molecule has 1 saturated heterocycles. The molecule has 2 amide bonds. The fourth-order valence-electron chi connectivity index (χ4n) is 4.46. The number of aromatic nitrogens is 4. The number of tetrazole rings is 1. The Bertz CT molecular complexity index is 1290. The number of hydrogen-bond donors (Lipinski definition) is 1. The topological polar surface area (TPSA) is 102 Å². The maximum Gasteiger partial charge on any atom is 0.229 e. The summed E-state index contributed by atoms with van der Waals surface area (Å²) in [6.07, 6.45) is 2.25. The van der Waals surface area contributed by atoms with Crippen molar-refractivity contribution >= 4 is 23.2 Å². The van der Waals surface area contributed by atoms with Crippen LogP contribution < -0.4 is 15.0 Å². The predicted octanol–water partition coefficient (Wildman–Crippen LogP) is 3.79. The molecule has 176 valence electrons. The molecule has 0 unspecified atom stereocenters. The van der Waals surface area contributed by atoms with Crippen molar-refractivity contribution in [1.82, 2.24) is 20.2 Å². The van der Waals surface area contributed by atoms with Gasteiger partial charge in [-0.3, -0.25) is 9.59 Å². The lowest BCUT2D eigenvalue weighted by molar-refractivity contribution is -0.125. The quantitative estimate of drug-likeness (QED) is 0.462. The minimum absolute atomic E-state index is 0.0149. The van der Waals surface area contributed by atoms with E-state index in [0.717, 1.165) is 16.9 Å². The summed E-state index contributed by atoms with van der Waals surface area (Å²) in [6.45, 7) is 0. The predicted molar refractivity (Wildman–Crippen MR) is 130 cm³/mol. The molecule has 0 radical (unpaired) electrons. The fourth-order valence-corrected chi connectivity index (χ4v) is 4.46. The van der Waals surface area contributed by atoms with Gasteiger partial charge in [-0.25, -0.2) is 4.68 Å². The average molecular weight is 469 g/mol. The van der Waals surface area contributed by atoms with Crippen LogP contribution in [0.15, 0.2) is 85.2 Å². The summed E-state index contributed by atoms with van der Waals surface area (Å²) in [5.74, 6) is 0.115. The Morgan fingerprint density at radius 1 is 0.971 bits per heavy atom. The van der Waals surface area contributed by atoms with E-state index in [9.17, 15) is 9.59 Å². The first-order valence-electron chi connectivity index (χ1n) is 11.3. The summed E-state index contributed by atoms with van der Waals surface area (Å²) in [7, 11) is 1.60. The number of hydrogen-bond acceptors (Lipinski definition) is 6. The lowest BCUT2D eigenvalue weighted by Gasteiger charge is -2.41. The van der Waals surface area contributed by atoms with Crippen molar-refractivity contribution in [2.24, 2.45) is 5.92 Å². The van der Waals surface area contributed by atoms with Crippen LogP contribution in [0.2, 0.25) is 0 Å². The maximum atomic E-state index is 13.5. The highest BCUT2D eigenvalue weighted by Crippen LogP contribution is 2.40. The molecule has 0 spiro atoms. The zero-order valence-electron chi connectivity index (χ0n) is 19.1. The number of piperidine rings is 1. The molecule has 1 N–H and O–H groups in total. The van der Waals surface area contributed by atoms with Crippen LogP contribution in [0.25, 0.3) is 5.69 Å². The van der Waals surface area contributed by atoms with Gasteiger partial charge < -0.3 is 15.0 Å². The Labute approximate surface area is 202 Å². The molecule has 1 aliphatic rings. The standard InChI is InChI=1S/C26H24N6O3/c1-35-22-13-11-21(12-14-22)32-24(33)16-15-23(25(32)18-5-3-2-4-6-18)26(34)28-19-7-9-20(10-8-19)31-17-27-29-30-31/h2-14,17,23,25H,15-16H2,1H3,(H,28,34)/t23-,25-/m0/s1. The molecule has 0 aliphatic carbocycles. The van der Waals surface area contributed by atoms with Crippen molar-refractivity contribution in [3.63, 3.8) is 0 Å². The summed E-state index contributed by atoms with van der Waals surface area (Å²) in [6, 6.07) is 23.9. The highest BCUT2D eigenvalue weighted by Gasteiger charge is 2.41. The first-order chi connectivity index (χ1) is 17.1. The molecule has 5 rings (SSSR count). The zero-order valence-corrected chi connectivity index (χ0v) is 19.1. The van der Waals surface area contributed by atoms with Gasteiger partial charge in [0.25, 0.3) is 0 Å². The minimum atomic E-state index is -0.439. The monoisotopic (exact) mass is 468 g/mol. The lowest BCUT2D eigenvalue weighted by Crippen LogP contribution is -2.46. The second kappa shape index (κ2) is 9.76. The van der Waals surface area contributed by atoms with Crippen molar-refractivity contribution in [1.29, 1.82) is 0 Å². The number of nitrogens with one attached hydrogen (secondary N) is 1. The second-order valence-electron chi connectivity index (χ2n) is 8.25. The number of methoxy groups -OCH3 is 1. The average Bonchev–Trinajstić information content (AvgIpc) is 3.45. The number of amides is 2. The molecular formula is C26H24N6O3. The molecule has 3 aromatic carbocycles. The summed E-state index contributed by atoms with van der Waals surface area (Å²) >= 11 is 0. The Morgan fingerprint density at radius 3 is 2.34 bits per heavy atom. The van der Waals surface area contributed by atoms with Crippen LogP contribution in [0.3, 0.4) is 0 Å². The highest BCUT2D eigenvalue weighted by atomic mass is 16.5. The summed E-state index contributed by atoms with van der Waals surface area (Å²) in [5, 5.41) is 14.2. The van der Waals surface area contributed by atoms with E-state index in [4.69, 9.17) is 4.74 Å². The molecule has 1 fully saturated rings. The third-order valence-corrected chi connectivity index (χ3v) is 6.17. The molecule has 2 atom stereocenters. The lowest BCUT2D eigenvalue weighted by atomic mass is 9.83. The Balaban J connectivity index is 1.44. The van der Waals surface area contributed by atoms with Crippen molar-refractivity contribution in [3.05, 3.63) is 90.8 Å². The van der Waals surface area contributed by atoms with E-state index < -0.39 is 12.0 Å². The number of carbonyl (C=O) groups is 2. The number of carbonyl (C=O) groups excluding carboxylic acids is 2. The van der Waals surface area contributed by atoms with Crippen LogP contribution in [0, 0.1) is 5.92 Å². The Kier molecular flexibility index (Phi) is 6.21. The number of benzene rings is 3. The molecular weight excluding hydrogens is 444 g/mol. The summed E-state index contributed by atoms with van der Waals surface area (Å²) < 4.78 is 6.81. The van der Waals surface area contributed by atoms with E-state index in [2.05, 4.69) is 20.8 Å². The van der Waals surface area contributed by atoms with E-state index in [1.54, 1.807) is 12.0 Å². The van der Waals surface area contributed by atoms with Crippen molar-refractivity contribution in [3.8, 4) is 11.4 Å². The molecule has 1 aromatic heterocycles. The molecule has 4 aromatic rings. The van der Waals surface area contributed by atoms with E-state index >= 15 is 0 Å². The first kappa shape index (κ1) is 22.3. The van der Waals surface area contributed by atoms with E-state index in [1.165, 1.54) is 11.0 Å². The first-order valence-corrected chi connectivity index (χ1v) is 11.3. The van der Waals surface area contributed by atoms with Gasteiger partial charge in [0, 0.05) is 17.8 Å². The van der Waals surface area contributed by atoms with Gasteiger partial charge in [-0.1, -0.05) is 30.3 Å². The smallest absolute Gasteiger partial charge is 0.229 e. The highest BCUT2D eigenvalue weighted by molar-refractivity contribution is 6.00. The van der Waals surface area contributed by atoms with E-state index in [-0.39, 0.29) is 18.2 Å². The number of ether oxygens (including phenoxy) is 1. The molecule has 0 saturated carbocycles. The van der Waals surface area contributed by atoms with Gasteiger partial charge in [0.1, 0.15) is 12.1 Å². The van der Waals surface area contributed by atoms with Gasteiger partial charge in [-0.05, 0) is 70.9 Å². The Morgan fingerprint density at radius 2 is 1.69 bits per heavy atom.